The summed E-state index contributed by atoms with van der Waals surface area (Å²) in [6.07, 6.45) is 0.551. The number of aryl methyl sites for hydroxylation is 1. The highest BCUT2D eigenvalue weighted by atomic mass is 32.2. The molecule has 28 heavy (non-hydrogen) atoms. The van der Waals surface area contributed by atoms with Crippen LogP contribution in [-0.2, 0) is 17.1 Å². The van der Waals surface area contributed by atoms with Crippen LogP contribution in [0.2, 0.25) is 0 Å². The molecule has 3 aromatic rings. The molecule has 0 bridgehead atoms. The summed E-state index contributed by atoms with van der Waals surface area (Å²) >= 11 is 1.02. The van der Waals surface area contributed by atoms with Gasteiger partial charge in [-0.3, -0.25) is 4.79 Å². The van der Waals surface area contributed by atoms with Crippen LogP contribution in [0.25, 0.3) is 10.2 Å². The second kappa shape index (κ2) is 7.94. The fourth-order valence-electron chi connectivity index (χ4n) is 2.99. The lowest BCUT2D eigenvalue weighted by atomic mass is 10.1. The third-order valence-electron chi connectivity index (χ3n) is 4.59. The molecule has 1 N–H and O–H groups in total. The van der Waals surface area contributed by atoms with Crippen molar-refractivity contribution >= 4 is 31.6 Å². The van der Waals surface area contributed by atoms with Crippen LogP contribution in [0.5, 0.6) is 11.5 Å². The molecule has 0 aliphatic heterocycles. The van der Waals surface area contributed by atoms with Crippen molar-refractivity contribution in [2.75, 3.05) is 14.2 Å². The molecule has 0 saturated carbocycles. The fourth-order valence-corrected chi connectivity index (χ4v) is 5.32. The van der Waals surface area contributed by atoms with Crippen molar-refractivity contribution < 1.29 is 17.9 Å². The van der Waals surface area contributed by atoms with Crippen molar-refractivity contribution in [1.82, 2.24) is 9.29 Å². The summed E-state index contributed by atoms with van der Waals surface area (Å²) in [5.74, 6) is 1.11. The molecule has 9 heteroatoms. The minimum absolute atomic E-state index is 0.126. The van der Waals surface area contributed by atoms with Crippen LogP contribution in [0.3, 0.4) is 0 Å². The smallest absolute Gasteiger partial charge is 0.307 e. The lowest BCUT2D eigenvalue weighted by molar-refractivity contribution is 0.354. The summed E-state index contributed by atoms with van der Waals surface area (Å²) in [5.41, 5.74) is 1.48. The number of ether oxygens (including phenoxy) is 2. The van der Waals surface area contributed by atoms with Crippen LogP contribution in [0.15, 0.2) is 46.1 Å². The first kappa shape index (κ1) is 20.4. The maximum Gasteiger partial charge on any atom is 0.307 e. The van der Waals surface area contributed by atoms with Crippen molar-refractivity contribution in [1.29, 1.82) is 0 Å². The molecule has 150 valence electrons. The molecule has 0 aliphatic rings. The average Bonchev–Trinajstić information content (AvgIpc) is 2.98. The first-order valence-corrected chi connectivity index (χ1v) is 10.9. The predicted octanol–water partition coefficient (Wildman–Crippen LogP) is 3.05. The van der Waals surface area contributed by atoms with Gasteiger partial charge in [-0.05, 0) is 42.3 Å². The summed E-state index contributed by atoms with van der Waals surface area (Å²) in [5, 5.41) is 0. The molecule has 0 saturated heterocycles. The molecule has 3 rings (SSSR count). The monoisotopic (exact) mass is 422 g/mol. The van der Waals surface area contributed by atoms with Gasteiger partial charge in [0.05, 0.1) is 29.3 Å². The molecular weight excluding hydrogens is 400 g/mol. The number of thiazole rings is 1. The zero-order chi connectivity index (χ0) is 20.5. The maximum absolute atomic E-state index is 12.9. The van der Waals surface area contributed by atoms with Crippen molar-refractivity contribution in [2.24, 2.45) is 7.05 Å². The molecule has 1 unspecified atom stereocenters. The summed E-state index contributed by atoms with van der Waals surface area (Å²) in [6, 6.07) is 9.59. The largest absolute Gasteiger partial charge is 0.493 e. The number of methoxy groups -OCH3 is 2. The van der Waals surface area contributed by atoms with Crippen molar-refractivity contribution in [3.8, 4) is 11.5 Å². The Morgan fingerprint density at radius 2 is 1.82 bits per heavy atom. The second-order valence-corrected chi connectivity index (χ2v) is 8.96. The Kier molecular flexibility index (Phi) is 5.78. The van der Waals surface area contributed by atoms with E-state index in [9.17, 15) is 13.2 Å². The SMILES string of the molecule is CCC(NS(=O)(=O)c1ccc2c(c1)sc(=O)n2C)c1ccc(OC)c(OC)c1. The number of benzene rings is 2. The van der Waals surface area contributed by atoms with Gasteiger partial charge in [0.2, 0.25) is 10.0 Å². The lowest BCUT2D eigenvalue weighted by Crippen LogP contribution is -2.28. The Balaban J connectivity index is 1.94. The van der Waals surface area contributed by atoms with Crippen LogP contribution in [0.4, 0.5) is 0 Å². The Morgan fingerprint density at radius 3 is 2.46 bits per heavy atom. The molecule has 0 fully saturated rings. The zero-order valence-electron chi connectivity index (χ0n) is 16.1. The average molecular weight is 423 g/mol. The highest BCUT2D eigenvalue weighted by Gasteiger charge is 2.22. The van der Waals surface area contributed by atoms with Gasteiger partial charge in [-0.1, -0.05) is 24.3 Å². The van der Waals surface area contributed by atoms with Gasteiger partial charge in [-0.25, -0.2) is 13.1 Å². The van der Waals surface area contributed by atoms with E-state index >= 15 is 0 Å². The molecule has 0 spiro atoms. The number of hydrogen-bond acceptors (Lipinski definition) is 6. The molecule has 2 aromatic carbocycles. The van der Waals surface area contributed by atoms with E-state index < -0.39 is 16.1 Å². The number of aromatic nitrogens is 1. The minimum Gasteiger partial charge on any atom is -0.493 e. The number of sulfonamides is 1. The van der Waals surface area contributed by atoms with Gasteiger partial charge >= 0.3 is 4.87 Å². The Morgan fingerprint density at radius 1 is 1.11 bits per heavy atom. The summed E-state index contributed by atoms with van der Waals surface area (Å²) in [6.45, 7) is 1.90. The van der Waals surface area contributed by atoms with Crippen molar-refractivity contribution in [2.45, 2.75) is 24.3 Å². The van der Waals surface area contributed by atoms with E-state index in [1.54, 1.807) is 32.4 Å². The van der Waals surface area contributed by atoms with Crippen LogP contribution < -0.4 is 19.1 Å². The number of nitrogens with zero attached hydrogens (tertiary/aromatic N) is 1. The first-order chi connectivity index (χ1) is 13.3. The Bertz CT molecular complexity index is 1160. The van der Waals surface area contributed by atoms with Gasteiger partial charge in [0.15, 0.2) is 11.5 Å². The van der Waals surface area contributed by atoms with Crippen LogP contribution in [0, 0.1) is 0 Å². The van der Waals surface area contributed by atoms with E-state index in [2.05, 4.69) is 4.72 Å². The molecule has 0 aliphatic carbocycles. The molecule has 1 heterocycles. The van der Waals surface area contributed by atoms with Crippen molar-refractivity contribution in [3.05, 3.63) is 51.6 Å². The van der Waals surface area contributed by atoms with Crippen LogP contribution >= 0.6 is 11.3 Å². The number of fused-ring (bicyclic) bond motifs is 1. The third kappa shape index (κ3) is 3.78. The van der Waals surface area contributed by atoms with E-state index in [4.69, 9.17) is 9.47 Å². The zero-order valence-corrected chi connectivity index (χ0v) is 17.7. The lowest BCUT2D eigenvalue weighted by Gasteiger charge is -2.19. The second-order valence-electron chi connectivity index (χ2n) is 6.25. The number of hydrogen-bond donors (Lipinski definition) is 1. The Hall–Kier alpha value is -2.36. The molecule has 1 aromatic heterocycles. The highest BCUT2D eigenvalue weighted by molar-refractivity contribution is 7.89. The van der Waals surface area contributed by atoms with Crippen LogP contribution in [0.1, 0.15) is 24.9 Å². The standard InChI is InChI=1S/C19H22N2O5S2/c1-5-14(12-6-9-16(25-3)17(10-12)26-4)20-28(23,24)13-7-8-15-18(11-13)27-19(22)21(15)2/h6-11,14,20H,5H2,1-4H3. The topological polar surface area (TPSA) is 86.6 Å². The molecule has 0 amide bonds. The number of nitrogens with one attached hydrogen (secondary N) is 1. The van der Waals surface area contributed by atoms with Gasteiger partial charge in [0.25, 0.3) is 0 Å². The van der Waals surface area contributed by atoms with Gasteiger partial charge in [0.1, 0.15) is 0 Å². The minimum atomic E-state index is -3.78. The van der Waals surface area contributed by atoms with Gasteiger partial charge in [0, 0.05) is 13.1 Å². The van der Waals surface area contributed by atoms with Gasteiger partial charge < -0.3 is 14.0 Å². The van der Waals surface area contributed by atoms with E-state index in [0.717, 1.165) is 16.9 Å². The van der Waals surface area contributed by atoms with Crippen molar-refractivity contribution in [3.63, 3.8) is 0 Å². The fraction of sp³-hybridized carbons (Fsp3) is 0.316. The predicted molar refractivity (Wildman–Crippen MR) is 110 cm³/mol. The molecule has 7 nitrogen and oxygen atoms in total. The molecule has 1 atom stereocenters. The quantitative estimate of drug-likeness (QED) is 0.632. The van der Waals surface area contributed by atoms with E-state index in [1.807, 2.05) is 13.0 Å². The maximum atomic E-state index is 12.9. The van der Waals surface area contributed by atoms with Gasteiger partial charge in [-0.15, -0.1) is 0 Å². The Labute approximate surface area is 167 Å². The van der Waals surface area contributed by atoms with E-state index in [1.165, 1.54) is 23.8 Å². The molecule has 0 radical (unpaired) electrons. The van der Waals surface area contributed by atoms with Gasteiger partial charge in [-0.2, -0.15) is 0 Å². The highest BCUT2D eigenvalue weighted by Crippen LogP contribution is 2.31. The third-order valence-corrected chi connectivity index (χ3v) is 7.05. The normalized spacial score (nSPS) is 12.9. The van der Waals surface area contributed by atoms with Crippen LogP contribution in [-0.4, -0.2) is 27.2 Å². The summed E-state index contributed by atoms with van der Waals surface area (Å²) in [7, 11) is 0.970. The first-order valence-electron chi connectivity index (χ1n) is 8.64. The van der Waals surface area contributed by atoms with E-state index in [0.29, 0.717) is 28.1 Å². The summed E-state index contributed by atoms with van der Waals surface area (Å²) in [4.78, 5) is 11.8. The van der Waals surface area contributed by atoms with E-state index in [-0.39, 0.29) is 9.77 Å². The summed E-state index contributed by atoms with van der Waals surface area (Å²) < 4.78 is 41.3. The molecular formula is C19H22N2O5S2. The number of rotatable bonds is 7.